The normalized spacial score (nSPS) is 13.7. The molecule has 4 heteroatoms. The van der Waals surface area contributed by atoms with Crippen LogP contribution in [0, 0.1) is 0 Å². The molecule has 0 aromatic carbocycles. The fourth-order valence-corrected chi connectivity index (χ4v) is 1.30. The summed E-state index contributed by atoms with van der Waals surface area (Å²) >= 11 is 7.12. The molecule has 0 heterocycles. The second-order valence-electron chi connectivity index (χ2n) is 2.65. The summed E-state index contributed by atoms with van der Waals surface area (Å²) in [5.41, 5.74) is 2.20. The predicted molar refractivity (Wildman–Crippen MR) is 68.7 cm³/mol. The van der Waals surface area contributed by atoms with Crippen LogP contribution in [0.3, 0.4) is 0 Å². The topological polar surface area (TPSA) is 24.7 Å². The molecule has 0 aromatic rings. The Morgan fingerprint density at radius 2 is 2.14 bits per heavy atom. The molecular weight excluding hydrogens is 216 g/mol. The summed E-state index contributed by atoms with van der Waals surface area (Å²) in [4.78, 5) is 8.12. The van der Waals surface area contributed by atoms with E-state index in [1.807, 2.05) is 20.1 Å². The van der Waals surface area contributed by atoms with E-state index in [0.29, 0.717) is 6.54 Å². The summed E-state index contributed by atoms with van der Waals surface area (Å²) in [6.07, 6.45) is 3.67. The van der Waals surface area contributed by atoms with E-state index in [0.717, 1.165) is 5.71 Å². The van der Waals surface area contributed by atoms with E-state index in [-0.39, 0.29) is 5.16 Å². The van der Waals surface area contributed by atoms with Gasteiger partial charge in [-0.1, -0.05) is 18.2 Å². The van der Waals surface area contributed by atoms with Gasteiger partial charge in [0.25, 0.3) is 0 Å². The van der Waals surface area contributed by atoms with E-state index < -0.39 is 0 Å². The monoisotopic (exact) mass is 230 g/mol. The molecule has 78 valence electrons. The molecule has 0 fully saturated rings. The van der Waals surface area contributed by atoms with Gasteiger partial charge in [-0.15, -0.1) is 11.8 Å². The van der Waals surface area contributed by atoms with Gasteiger partial charge in [0.2, 0.25) is 0 Å². The minimum atomic E-state index is 0.286. The molecule has 0 rings (SSSR count). The molecule has 0 aliphatic carbocycles. The molecule has 0 spiro atoms. The zero-order chi connectivity index (χ0) is 11.0. The van der Waals surface area contributed by atoms with Crippen molar-refractivity contribution < 1.29 is 0 Å². The largest absolute Gasteiger partial charge is 0.284 e. The van der Waals surface area contributed by atoms with Gasteiger partial charge in [0.05, 0.1) is 6.54 Å². The quantitative estimate of drug-likeness (QED) is 0.524. The summed E-state index contributed by atoms with van der Waals surface area (Å²) in [6, 6.07) is 0. The minimum absolute atomic E-state index is 0.286. The lowest BCUT2D eigenvalue weighted by molar-refractivity contribution is 1.29. The van der Waals surface area contributed by atoms with Crippen LogP contribution in [0.25, 0.3) is 0 Å². The molecule has 2 nitrogen and oxygen atoms in total. The fraction of sp³-hybridized carbons (Fsp3) is 0.400. The van der Waals surface area contributed by atoms with Crippen molar-refractivity contribution in [2.45, 2.75) is 13.8 Å². The standard InChI is InChI=1S/C10H15ClN2S/c1-8(7-14-4)9(2)12-5-6-13-10(3)11/h6-7H,3,5H2,1-2,4H3/b8-7-,12-9?,13-6?. The maximum absolute atomic E-state index is 5.45. The summed E-state index contributed by atoms with van der Waals surface area (Å²) in [6.45, 7) is 7.99. The lowest BCUT2D eigenvalue weighted by Gasteiger charge is -1.97. The second kappa shape index (κ2) is 7.83. The van der Waals surface area contributed by atoms with E-state index in [1.165, 1.54) is 5.57 Å². The van der Waals surface area contributed by atoms with E-state index in [2.05, 4.69) is 22.0 Å². The van der Waals surface area contributed by atoms with Gasteiger partial charge in [-0.05, 0) is 31.1 Å². The van der Waals surface area contributed by atoms with Gasteiger partial charge < -0.3 is 0 Å². The van der Waals surface area contributed by atoms with Gasteiger partial charge in [-0.3, -0.25) is 4.99 Å². The number of aliphatic imine (C=N–C) groups is 2. The number of thioether (sulfide) groups is 1. The van der Waals surface area contributed by atoms with Crippen molar-refractivity contribution in [2.75, 3.05) is 12.8 Å². The van der Waals surface area contributed by atoms with Crippen LogP contribution in [0.2, 0.25) is 0 Å². The van der Waals surface area contributed by atoms with Gasteiger partial charge in [-0.25, -0.2) is 4.99 Å². The van der Waals surface area contributed by atoms with Crippen molar-refractivity contribution >= 4 is 35.3 Å². The maximum Gasteiger partial charge on any atom is 0.121 e. The van der Waals surface area contributed by atoms with Gasteiger partial charge in [0.15, 0.2) is 0 Å². The molecule has 0 unspecified atom stereocenters. The SMILES string of the molecule is C=C(Cl)N=CCN=C(C)/C(C)=C\SC. The number of nitrogens with zero attached hydrogens (tertiary/aromatic N) is 2. The Kier molecular flexibility index (Phi) is 7.52. The second-order valence-corrected chi connectivity index (χ2v) is 3.79. The highest BCUT2D eigenvalue weighted by Crippen LogP contribution is 2.04. The third kappa shape index (κ3) is 6.92. The van der Waals surface area contributed by atoms with Crippen LogP contribution >= 0.6 is 23.4 Å². The number of hydrogen-bond acceptors (Lipinski definition) is 3. The van der Waals surface area contributed by atoms with E-state index in [9.17, 15) is 0 Å². The Labute approximate surface area is 94.9 Å². The van der Waals surface area contributed by atoms with Crippen molar-refractivity contribution in [2.24, 2.45) is 9.98 Å². The van der Waals surface area contributed by atoms with Crippen LogP contribution < -0.4 is 0 Å². The van der Waals surface area contributed by atoms with E-state index >= 15 is 0 Å². The minimum Gasteiger partial charge on any atom is -0.284 e. The van der Waals surface area contributed by atoms with E-state index in [4.69, 9.17) is 11.6 Å². The number of hydrogen-bond donors (Lipinski definition) is 0. The highest BCUT2D eigenvalue weighted by atomic mass is 35.5. The zero-order valence-corrected chi connectivity index (χ0v) is 10.3. The highest BCUT2D eigenvalue weighted by Gasteiger charge is 1.91. The van der Waals surface area contributed by atoms with Gasteiger partial charge in [0.1, 0.15) is 5.16 Å². The van der Waals surface area contributed by atoms with E-state index in [1.54, 1.807) is 18.0 Å². The lowest BCUT2D eigenvalue weighted by Crippen LogP contribution is -1.95. The molecule has 0 amide bonds. The third-order valence-corrected chi connectivity index (χ3v) is 2.19. The van der Waals surface area contributed by atoms with Crippen molar-refractivity contribution in [1.29, 1.82) is 0 Å². The zero-order valence-electron chi connectivity index (χ0n) is 8.75. The first kappa shape index (κ1) is 13.5. The Bertz CT molecular complexity index is 280. The summed E-state index contributed by atoms with van der Waals surface area (Å²) in [7, 11) is 0. The Hall–Kier alpha value is -0.540. The van der Waals surface area contributed by atoms with Gasteiger partial charge in [-0.2, -0.15) is 0 Å². The highest BCUT2D eigenvalue weighted by molar-refractivity contribution is 8.01. The van der Waals surface area contributed by atoms with Gasteiger partial charge in [0, 0.05) is 11.9 Å². The molecule has 14 heavy (non-hydrogen) atoms. The molecule has 0 aliphatic rings. The average molecular weight is 231 g/mol. The first-order chi connectivity index (χ1) is 6.57. The average Bonchev–Trinajstić information content (AvgIpc) is 2.12. The first-order valence-electron chi connectivity index (χ1n) is 4.16. The Morgan fingerprint density at radius 3 is 2.64 bits per heavy atom. The van der Waals surface area contributed by atoms with Crippen LogP contribution in [0.4, 0.5) is 0 Å². The number of rotatable bonds is 5. The first-order valence-corrected chi connectivity index (χ1v) is 5.82. The molecule has 0 atom stereocenters. The van der Waals surface area contributed by atoms with Crippen molar-refractivity contribution in [3.05, 3.63) is 22.7 Å². The van der Waals surface area contributed by atoms with Crippen LogP contribution in [0.1, 0.15) is 13.8 Å². The summed E-state index contributed by atoms with van der Waals surface area (Å²) < 4.78 is 0. The Morgan fingerprint density at radius 1 is 1.50 bits per heavy atom. The predicted octanol–water partition coefficient (Wildman–Crippen LogP) is 3.49. The molecule has 0 radical (unpaired) electrons. The van der Waals surface area contributed by atoms with Crippen molar-refractivity contribution in [1.82, 2.24) is 0 Å². The molecular formula is C10H15ClN2S. The van der Waals surface area contributed by atoms with Crippen molar-refractivity contribution in [3.8, 4) is 0 Å². The molecule has 0 N–H and O–H groups in total. The fourth-order valence-electron chi connectivity index (χ4n) is 0.704. The lowest BCUT2D eigenvalue weighted by atomic mass is 10.2. The van der Waals surface area contributed by atoms with Crippen molar-refractivity contribution in [3.63, 3.8) is 0 Å². The number of allylic oxidation sites excluding steroid dienone is 1. The maximum atomic E-state index is 5.45. The summed E-state index contributed by atoms with van der Waals surface area (Å²) in [5, 5.41) is 2.35. The summed E-state index contributed by atoms with van der Waals surface area (Å²) in [5.74, 6) is 0. The number of halogens is 1. The molecule has 0 aromatic heterocycles. The third-order valence-electron chi connectivity index (χ3n) is 1.51. The Balaban J connectivity index is 4.13. The molecule has 0 saturated heterocycles. The molecule has 0 saturated carbocycles. The van der Waals surface area contributed by atoms with Gasteiger partial charge >= 0.3 is 0 Å². The molecule has 0 bridgehead atoms. The molecule has 0 aliphatic heterocycles. The van der Waals surface area contributed by atoms with Crippen LogP contribution in [-0.2, 0) is 0 Å². The van der Waals surface area contributed by atoms with Crippen LogP contribution in [0.15, 0.2) is 32.7 Å². The van der Waals surface area contributed by atoms with Crippen LogP contribution in [0.5, 0.6) is 0 Å². The smallest absolute Gasteiger partial charge is 0.121 e. The van der Waals surface area contributed by atoms with Crippen LogP contribution in [-0.4, -0.2) is 24.7 Å².